The second kappa shape index (κ2) is 12.2. The monoisotopic (exact) mass is 443 g/mol. The van der Waals surface area contributed by atoms with E-state index in [0.29, 0.717) is 35.8 Å². The number of carbonyl (C=O) groups is 2. The molecular formula is C24H29NO7. The molecule has 172 valence electrons. The summed E-state index contributed by atoms with van der Waals surface area (Å²) in [5, 5.41) is 2.76. The molecule has 0 spiro atoms. The number of amides is 1. The third-order valence-corrected chi connectivity index (χ3v) is 4.63. The Hall–Kier alpha value is -3.68. The zero-order valence-corrected chi connectivity index (χ0v) is 19.0. The van der Waals surface area contributed by atoms with Crippen LogP contribution in [0.3, 0.4) is 0 Å². The van der Waals surface area contributed by atoms with Crippen molar-refractivity contribution >= 4 is 18.0 Å². The van der Waals surface area contributed by atoms with Gasteiger partial charge in [-0.2, -0.15) is 0 Å². The summed E-state index contributed by atoms with van der Waals surface area (Å²) in [4.78, 5) is 24.3. The van der Waals surface area contributed by atoms with Crippen molar-refractivity contribution in [3.8, 4) is 23.0 Å². The van der Waals surface area contributed by atoms with E-state index in [1.54, 1.807) is 25.3 Å². The van der Waals surface area contributed by atoms with Gasteiger partial charge in [-0.3, -0.25) is 4.79 Å². The van der Waals surface area contributed by atoms with E-state index in [1.807, 2.05) is 24.3 Å². The zero-order valence-electron chi connectivity index (χ0n) is 19.0. The molecule has 0 saturated carbocycles. The van der Waals surface area contributed by atoms with Crippen molar-refractivity contribution in [3.63, 3.8) is 0 Å². The summed E-state index contributed by atoms with van der Waals surface area (Å²) >= 11 is 0. The molecule has 0 radical (unpaired) electrons. The van der Waals surface area contributed by atoms with Gasteiger partial charge in [0.2, 0.25) is 5.75 Å². The minimum atomic E-state index is -0.928. The van der Waals surface area contributed by atoms with Crippen LogP contribution in [0.4, 0.5) is 0 Å². The van der Waals surface area contributed by atoms with Gasteiger partial charge in [-0.25, -0.2) is 4.79 Å². The molecule has 2 rings (SSSR count). The topological polar surface area (TPSA) is 92.3 Å². The van der Waals surface area contributed by atoms with Crippen LogP contribution in [0.1, 0.15) is 18.1 Å². The number of hydrogen-bond acceptors (Lipinski definition) is 7. The van der Waals surface area contributed by atoms with E-state index in [-0.39, 0.29) is 5.91 Å². The Morgan fingerprint density at radius 3 is 2.09 bits per heavy atom. The Bertz CT molecular complexity index is 913. The van der Waals surface area contributed by atoms with E-state index in [0.717, 1.165) is 11.3 Å². The van der Waals surface area contributed by atoms with Gasteiger partial charge in [0.15, 0.2) is 17.6 Å². The second-order valence-electron chi connectivity index (χ2n) is 6.76. The van der Waals surface area contributed by atoms with Gasteiger partial charge in [0.1, 0.15) is 5.75 Å². The summed E-state index contributed by atoms with van der Waals surface area (Å²) in [6, 6.07) is 11.0. The Balaban J connectivity index is 1.87. The minimum absolute atomic E-state index is 0.368. The molecule has 0 aliphatic rings. The summed E-state index contributed by atoms with van der Waals surface area (Å²) in [5.41, 5.74) is 1.71. The van der Waals surface area contributed by atoms with Crippen LogP contribution in [0.2, 0.25) is 0 Å². The highest BCUT2D eigenvalue weighted by Gasteiger charge is 2.16. The fourth-order valence-electron chi connectivity index (χ4n) is 2.89. The molecule has 0 bridgehead atoms. The lowest BCUT2D eigenvalue weighted by Gasteiger charge is -2.13. The average molecular weight is 443 g/mol. The lowest BCUT2D eigenvalue weighted by Crippen LogP contribution is -2.36. The van der Waals surface area contributed by atoms with Crippen LogP contribution in [0, 0.1) is 0 Å². The van der Waals surface area contributed by atoms with Crippen molar-refractivity contribution < 1.29 is 33.3 Å². The van der Waals surface area contributed by atoms with Gasteiger partial charge in [-0.05, 0) is 54.8 Å². The number of nitrogens with one attached hydrogen (secondary N) is 1. The molecule has 0 aromatic heterocycles. The molecule has 32 heavy (non-hydrogen) atoms. The number of benzene rings is 2. The van der Waals surface area contributed by atoms with Gasteiger partial charge in [-0.15, -0.1) is 0 Å². The van der Waals surface area contributed by atoms with Crippen LogP contribution in [-0.2, 0) is 20.7 Å². The van der Waals surface area contributed by atoms with Crippen LogP contribution in [0.25, 0.3) is 6.08 Å². The molecule has 0 fully saturated rings. The third-order valence-electron chi connectivity index (χ3n) is 4.63. The smallest absolute Gasteiger partial charge is 0.331 e. The van der Waals surface area contributed by atoms with E-state index in [1.165, 1.54) is 34.3 Å². The van der Waals surface area contributed by atoms with Gasteiger partial charge in [-0.1, -0.05) is 12.1 Å². The Morgan fingerprint density at radius 2 is 1.56 bits per heavy atom. The maximum Gasteiger partial charge on any atom is 0.331 e. The van der Waals surface area contributed by atoms with Crippen molar-refractivity contribution in [2.75, 3.05) is 35.0 Å². The number of carbonyl (C=O) groups excluding carboxylic acids is 2. The molecule has 0 aliphatic heterocycles. The van der Waals surface area contributed by atoms with Gasteiger partial charge >= 0.3 is 5.97 Å². The molecule has 8 nitrogen and oxygen atoms in total. The second-order valence-corrected chi connectivity index (χ2v) is 6.76. The van der Waals surface area contributed by atoms with Crippen molar-refractivity contribution in [2.24, 2.45) is 0 Å². The maximum absolute atomic E-state index is 12.2. The third kappa shape index (κ3) is 6.94. The highest BCUT2D eigenvalue weighted by Crippen LogP contribution is 2.38. The largest absolute Gasteiger partial charge is 0.497 e. The fraction of sp³-hybridized carbons (Fsp3) is 0.333. The lowest BCUT2D eigenvalue weighted by atomic mass is 10.1. The first kappa shape index (κ1) is 24.6. The summed E-state index contributed by atoms with van der Waals surface area (Å²) in [6.45, 7) is 1.95. The van der Waals surface area contributed by atoms with Crippen molar-refractivity contribution in [2.45, 2.75) is 19.4 Å². The Morgan fingerprint density at radius 1 is 0.938 bits per heavy atom. The molecule has 1 amide bonds. The van der Waals surface area contributed by atoms with E-state index in [9.17, 15) is 9.59 Å². The SMILES string of the molecule is COc1ccc(CCNC(=O)C(C)OC(=O)/C=C/c2cc(OC)c(OC)c(OC)c2)cc1. The van der Waals surface area contributed by atoms with Crippen LogP contribution in [-0.4, -0.2) is 53.0 Å². The molecule has 0 aliphatic carbocycles. The minimum Gasteiger partial charge on any atom is -0.497 e. The molecular weight excluding hydrogens is 414 g/mol. The first-order valence-corrected chi connectivity index (χ1v) is 10.0. The summed E-state index contributed by atoms with van der Waals surface area (Å²) < 4.78 is 26.2. The maximum atomic E-state index is 12.2. The quantitative estimate of drug-likeness (QED) is 0.422. The fourth-order valence-corrected chi connectivity index (χ4v) is 2.89. The van der Waals surface area contributed by atoms with Crippen molar-refractivity contribution in [3.05, 3.63) is 53.6 Å². The van der Waals surface area contributed by atoms with E-state index in [4.69, 9.17) is 23.7 Å². The van der Waals surface area contributed by atoms with Gasteiger partial charge in [0.25, 0.3) is 5.91 Å². The van der Waals surface area contributed by atoms with E-state index in [2.05, 4.69) is 5.32 Å². The number of rotatable bonds is 11. The van der Waals surface area contributed by atoms with Crippen LogP contribution in [0.5, 0.6) is 23.0 Å². The van der Waals surface area contributed by atoms with Gasteiger partial charge in [0, 0.05) is 12.6 Å². The lowest BCUT2D eigenvalue weighted by molar-refractivity contribution is -0.150. The average Bonchev–Trinajstić information content (AvgIpc) is 2.82. The molecule has 0 saturated heterocycles. The Labute approximate surface area is 188 Å². The predicted octanol–water partition coefficient (Wildman–Crippen LogP) is 3.02. The summed E-state index contributed by atoms with van der Waals surface area (Å²) in [7, 11) is 6.14. The highest BCUT2D eigenvalue weighted by molar-refractivity contribution is 5.90. The standard InChI is InChI=1S/C24H29NO7/c1-16(24(27)25-13-12-17-6-9-19(28-2)10-7-17)32-22(26)11-8-18-14-20(29-3)23(31-5)21(15-18)30-4/h6-11,14-16H,12-13H2,1-5H3,(H,25,27)/b11-8+. The molecule has 2 aromatic carbocycles. The molecule has 8 heteroatoms. The zero-order chi connectivity index (χ0) is 23.5. The number of ether oxygens (including phenoxy) is 5. The number of methoxy groups -OCH3 is 4. The van der Waals surface area contributed by atoms with Crippen LogP contribution >= 0.6 is 0 Å². The summed E-state index contributed by atoms with van der Waals surface area (Å²) in [5.74, 6) is 1.14. The predicted molar refractivity (Wildman–Crippen MR) is 120 cm³/mol. The highest BCUT2D eigenvalue weighted by atomic mass is 16.5. The van der Waals surface area contributed by atoms with Crippen molar-refractivity contribution in [1.82, 2.24) is 5.32 Å². The number of hydrogen-bond donors (Lipinski definition) is 1. The molecule has 1 atom stereocenters. The molecule has 1 unspecified atom stereocenters. The first-order chi connectivity index (χ1) is 15.4. The molecule has 1 N–H and O–H groups in total. The van der Waals surface area contributed by atoms with Crippen molar-refractivity contribution in [1.29, 1.82) is 0 Å². The number of esters is 1. The van der Waals surface area contributed by atoms with Gasteiger partial charge < -0.3 is 29.0 Å². The molecule has 0 heterocycles. The normalized spacial score (nSPS) is 11.5. The first-order valence-electron chi connectivity index (χ1n) is 10.0. The van der Waals surface area contributed by atoms with Crippen LogP contribution < -0.4 is 24.3 Å². The van der Waals surface area contributed by atoms with Crippen LogP contribution in [0.15, 0.2) is 42.5 Å². The van der Waals surface area contributed by atoms with E-state index < -0.39 is 12.1 Å². The van der Waals surface area contributed by atoms with Gasteiger partial charge in [0.05, 0.1) is 28.4 Å². The summed E-state index contributed by atoms with van der Waals surface area (Å²) in [6.07, 6.45) is 2.50. The molecule has 2 aromatic rings. The van der Waals surface area contributed by atoms with E-state index >= 15 is 0 Å². The Kier molecular flexibility index (Phi) is 9.41.